The number of benzene rings is 1. The Balaban J connectivity index is 1.56. The molecular weight excluding hydrogens is 320 g/mol. The van der Waals surface area contributed by atoms with Crippen LogP contribution >= 0.6 is 0 Å². The predicted molar refractivity (Wildman–Crippen MR) is 88.8 cm³/mol. The SMILES string of the molecule is CC(=O)N1CC(c2nc(C)no2)C2(C1)CN(C(=O)c1ccccc1)C2. The Kier molecular flexibility index (Phi) is 3.59. The average molecular weight is 340 g/mol. The van der Waals surface area contributed by atoms with E-state index >= 15 is 0 Å². The van der Waals surface area contributed by atoms with Crippen molar-refractivity contribution in [3.63, 3.8) is 0 Å². The summed E-state index contributed by atoms with van der Waals surface area (Å²) in [7, 11) is 0. The highest BCUT2D eigenvalue weighted by molar-refractivity contribution is 5.94. The van der Waals surface area contributed by atoms with Crippen LogP contribution < -0.4 is 0 Å². The molecule has 3 heterocycles. The molecule has 1 atom stereocenters. The summed E-state index contributed by atoms with van der Waals surface area (Å²) >= 11 is 0. The Labute approximate surface area is 145 Å². The van der Waals surface area contributed by atoms with Crippen LogP contribution in [0.25, 0.3) is 0 Å². The molecule has 2 aromatic rings. The first-order valence-electron chi connectivity index (χ1n) is 8.38. The quantitative estimate of drug-likeness (QED) is 0.827. The normalized spacial score (nSPS) is 21.4. The van der Waals surface area contributed by atoms with E-state index in [4.69, 9.17) is 4.52 Å². The van der Waals surface area contributed by atoms with E-state index in [0.29, 0.717) is 43.5 Å². The first kappa shape index (κ1) is 15.8. The minimum Gasteiger partial charge on any atom is -0.341 e. The van der Waals surface area contributed by atoms with Gasteiger partial charge in [-0.3, -0.25) is 9.59 Å². The zero-order valence-electron chi connectivity index (χ0n) is 14.3. The second-order valence-electron chi connectivity index (χ2n) is 7.02. The lowest BCUT2D eigenvalue weighted by Crippen LogP contribution is -2.61. The molecule has 0 saturated carbocycles. The van der Waals surface area contributed by atoms with E-state index in [1.54, 1.807) is 13.8 Å². The number of aryl methyl sites for hydroxylation is 1. The van der Waals surface area contributed by atoms with Gasteiger partial charge in [0.15, 0.2) is 5.82 Å². The molecule has 2 amide bonds. The van der Waals surface area contributed by atoms with Crippen LogP contribution in [0.15, 0.2) is 34.9 Å². The number of hydrogen-bond acceptors (Lipinski definition) is 5. The molecule has 1 spiro atoms. The van der Waals surface area contributed by atoms with E-state index in [2.05, 4.69) is 10.1 Å². The van der Waals surface area contributed by atoms with Gasteiger partial charge in [-0.25, -0.2) is 0 Å². The van der Waals surface area contributed by atoms with Crippen LogP contribution in [-0.2, 0) is 4.79 Å². The number of aromatic nitrogens is 2. The Hall–Kier alpha value is -2.70. The fourth-order valence-electron chi connectivity index (χ4n) is 3.94. The fourth-order valence-corrected chi connectivity index (χ4v) is 3.94. The lowest BCUT2D eigenvalue weighted by molar-refractivity contribution is -0.128. The molecule has 1 aromatic heterocycles. The lowest BCUT2D eigenvalue weighted by Gasteiger charge is -2.50. The molecule has 0 radical (unpaired) electrons. The molecule has 2 aliphatic heterocycles. The molecule has 2 saturated heterocycles. The Morgan fingerprint density at radius 1 is 1.16 bits per heavy atom. The fraction of sp³-hybridized carbons (Fsp3) is 0.444. The molecule has 2 fully saturated rings. The summed E-state index contributed by atoms with van der Waals surface area (Å²) in [5.41, 5.74) is 0.485. The highest BCUT2D eigenvalue weighted by Crippen LogP contribution is 2.49. The first-order chi connectivity index (χ1) is 12.0. The molecule has 7 nitrogen and oxygen atoms in total. The van der Waals surface area contributed by atoms with Crippen molar-refractivity contribution in [2.75, 3.05) is 26.2 Å². The number of carbonyl (C=O) groups excluding carboxylic acids is 2. The maximum absolute atomic E-state index is 12.6. The van der Waals surface area contributed by atoms with Crippen LogP contribution in [0.1, 0.15) is 34.9 Å². The molecule has 7 heteroatoms. The summed E-state index contributed by atoms with van der Waals surface area (Å²) in [5.74, 6) is 1.17. The van der Waals surface area contributed by atoms with Crippen molar-refractivity contribution < 1.29 is 14.1 Å². The maximum Gasteiger partial charge on any atom is 0.253 e. The summed E-state index contributed by atoms with van der Waals surface area (Å²) in [6, 6.07) is 9.26. The first-order valence-corrected chi connectivity index (χ1v) is 8.38. The van der Waals surface area contributed by atoms with Crippen LogP contribution in [0.4, 0.5) is 0 Å². The predicted octanol–water partition coefficient (Wildman–Crippen LogP) is 1.47. The summed E-state index contributed by atoms with van der Waals surface area (Å²) in [6.07, 6.45) is 0. The molecule has 130 valence electrons. The Morgan fingerprint density at radius 3 is 2.44 bits per heavy atom. The molecule has 4 rings (SSSR count). The molecule has 0 N–H and O–H groups in total. The third kappa shape index (κ3) is 2.59. The van der Waals surface area contributed by atoms with Crippen molar-refractivity contribution in [2.45, 2.75) is 19.8 Å². The lowest BCUT2D eigenvalue weighted by atomic mass is 9.71. The number of nitrogens with zero attached hydrogens (tertiary/aromatic N) is 4. The molecule has 25 heavy (non-hydrogen) atoms. The number of hydrogen-bond donors (Lipinski definition) is 0. The van der Waals surface area contributed by atoms with Gasteiger partial charge in [-0.2, -0.15) is 4.98 Å². The molecule has 0 aliphatic carbocycles. The highest BCUT2D eigenvalue weighted by Gasteiger charge is 2.58. The van der Waals surface area contributed by atoms with Gasteiger partial charge < -0.3 is 14.3 Å². The Morgan fingerprint density at radius 2 is 1.84 bits per heavy atom. The van der Waals surface area contributed by atoms with Crippen molar-refractivity contribution in [1.82, 2.24) is 19.9 Å². The minimum atomic E-state index is -0.199. The van der Waals surface area contributed by atoms with E-state index in [9.17, 15) is 9.59 Å². The smallest absolute Gasteiger partial charge is 0.253 e. The maximum atomic E-state index is 12.6. The van der Waals surface area contributed by atoms with Crippen LogP contribution in [0.3, 0.4) is 0 Å². The number of likely N-dealkylation sites (tertiary alicyclic amines) is 2. The second-order valence-corrected chi connectivity index (χ2v) is 7.02. The molecule has 2 aliphatic rings. The van der Waals surface area contributed by atoms with Crippen molar-refractivity contribution in [2.24, 2.45) is 5.41 Å². The van der Waals surface area contributed by atoms with Crippen molar-refractivity contribution >= 4 is 11.8 Å². The van der Waals surface area contributed by atoms with Gasteiger partial charge in [0.1, 0.15) is 0 Å². The number of carbonyl (C=O) groups is 2. The zero-order valence-corrected chi connectivity index (χ0v) is 14.3. The number of amides is 2. The summed E-state index contributed by atoms with van der Waals surface area (Å²) < 4.78 is 5.39. The van der Waals surface area contributed by atoms with Crippen LogP contribution in [0.5, 0.6) is 0 Å². The summed E-state index contributed by atoms with van der Waals surface area (Å²) in [6.45, 7) is 5.72. The van der Waals surface area contributed by atoms with Gasteiger partial charge in [-0.1, -0.05) is 23.4 Å². The second kappa shape index (κ2) is 5.68. The summed E-state index contributed by atoms with van der Waals surface area (Å²) in [4.78, 5) is 32.5. The van der Waals surface area contributed by atoms with Gasteiger partial charge in [0.25, 0.3) is 5.91 Å². The van der Waals surface area contributed by atoms with Crippen LogP contribution in [0.2, 0.25) is 0 Å². The molecule has 0 bridgehead atoms. The molecule has 1 aromatic carbocycles. The zero-order chi connectivity index (χ0) is 17.6. The van der Waals surface area contributed by atoms with Gasteiger partial charge in [0, 0.05) is 44.1 Å². The van der Waals surface area contributed by atoms with Gasteiger partial charge in [-0.05, 0) is 19.1 Å². The third-order valence-electron chi connectivity index (χ3n) is 5.25. The number of rotatable bonds is 2. The monoisotopic (exact) mass is 340 g/mol. The van der Waals surface area contributed by atoms with Crippen molar-refractivity contribution in [1.29, 1.82) is 0 Å². The van der Waals surface area contributed by atoms with E-state index in [1.807, 2.05) is 40.1 Å². The molecule has 1 unspecified atom stereocenters. The minimum absolute atomic E-state index is 0.0213. The van der Waals surface area contributed by atoms with Gasteiger partial charge in [0.2, 0.25) is 11.8 Å². The largest absolute Gasteiger partial charge is 0.341 e. The van der Waals surface area contributed by atoms with Crippen molar-refractivity contribution in [3.05, 3.63) is 47.6 Å². The van der Waals surface area contributed by atoms with Gasteiger partial charge in [0.05, 0.1) is 5.92 Å². The van der Waals surface area contributed by atoms with E-state index in [1.165, 1.54) is 0 Å². The average Bonchev–Trinajstić information content (AvgIpc) is 3.17. The van der Waals surface area contributed by atoms with Gasteiger partial charge >= 0.3 is 0 Å². The third-order valence-corrected chi connectivity index (χ3v) is 5.25. The van der Waals surface area contributed by atoms with Crippen molar-refractivity contribution in [3.8, 4) is 0 Å². The van der Waals surface area contributed by atoms with E-state index in [-0.39, 0.29) is 23.1 Å². The summed E-state index contributed by atoms with van der Waals surface area (Å²) in [5, 5.41) is 3.89. The van der Waals surface area contributed by atoms with Crippen LogP contribution in [0, 0.1) is 12.3 Å². The van der Waals surface area contributed by atoms with E-state index < -0.39 is 0 Å². The topological polar surface area (TPSA) is 79.5 Å². The molecular formula is C18H20N4O3. The standard InChI is InChI=1S/C18H20N4O3/c1-12-19-16(25-20-12)15-8-21(13(2)23)9-18(15)10-22(11-18)17(24)14-6-4-3-5-7-14/h3-7,15H,8-11H2,1-2H3. The van der Waals surface area contributed by atoms with Crippen LogP contribution in [-0.4, -0.2) is 57.9 Å². The van der Waals surface area contributed by atoms with E-state index in [0.717, 1.165) is 0 Å². The highest BCUT2D eigenvalue weighted by atomic mass is 16.5. The van der Waals surface area contributed by atoms with Gasteiger partial charge in [-0.15, -0.1) is 0 Å². The Bertz CT molecular complexity index is 811.